The summed E-state index contributed by atoms with van der Waals surface area (Å²) in [6.45, 7) is 5.62. The van der Waals surface area contributed by atoms with Crippen LogP contribution in [0.4, 0.5) is 0 Å². The Kier molecular flexibility index (Phi) is 3.05. The molecule has 0 aliphatic heterocycles. The molecule has 0 saturated heterocycles. The van der Waals surface area contributed by atoms with Gasteiger partial charge in [-0.25, -0.2) is 4.98 Å². The maximum absolute atomic E-state index is 4.40. The molecule has 0 atom stereocenters. The van der Waals surface area contributed by atoms with Gasteiger partial charge in [0.05, 0.1) is 0 Å². The van der Waals surface area contributed by atoms with Gasteiger partial charge in [0, 0.05) is 24.3 Å². The van der Waals surface area contributed by atoms with E-state index in [-0.39, 0.29) is 0 Å². The summed E-state index contributed by atoms with van der Waals surface area (Å²) in [5.74, 6) is 0.791. The molecule has 0 N–H and O–H groups in total. The predicted molar refractivity (Wildman–Crippen MR) is 63.8 cm³/mol. The fourth-order valence-corrected chi connectivity index (χ4v) is 1.87. The number of nitrogens with zero attached hydrogens (tertiary/aromatic N) is 2. The molecule has 0 aliphatic rings. The summed E-state index contributed by atoms with van der Waals surface area (Å²) < 4.78 is 2.25. The Morgan fingerprint density at radius 1 is 1.33 bits per heavy atom. The number of fused-ring (bicyclic) bond motifs is 1. The lowest BCUT2D eigenvalue weighted by molar-refractivity contribution is 0.517. The predicted octanol–water partition coefficient (Wildman–Crippen LogP) is 3.47. The monoisotopic (exact) mass is 202 g/mol. The number of hydrogen-bond donors (Lipinski definition) is 0. The molecule has 15 heavy (non-hydrogen) atoms. The molecule has 0 unspecified atom stereocenters. The second-order valence-electron chi connectivity index (χ2n) is 4.46. The summed E-state index contributed by atoms with van der Waals surface area (Å²) in [4.78, 5) is 4.40. The van der Waals surface area contributed by atoms with E-state index in [1.54, 1.807) is 0 Å². The van der Waals surface area contributed by atoms with Crippen LogP contribution >= 0.6 is 0 Å². The molecule has 0 aromatic carbocycles. The first-order valence-corrected chi connectivity index (χ1v) is 5.67. The van der Waals surface area contributed by atoms with E-state index in [1.807, 2.05) is 12.3 Å². The molecule has 80 valence electrons. The highest BCUT2D eigenvalue weighted by Gasteiger charge is 2.01. The molecule has 2 aromatic heterocycles. The van der Waals surface area contributed by atoms with Crippen molar-refractivity contribution >= 4 is 11.0 Å². The highest BCUT2D eigenvalue weighted by atomic mass is 15.0. The van der Waals surface area contributed by atoms with Crippen molar-refractivity contribution in [1.82, 2.24) is 9.55 Å². The molecule has 0 saturated carbocycles. The summed E-state index contributed by atoms with van der Waals surface area (Å²) in [5.41, 5.74) is 1.11. The van der Waals surface area contributed by atoms with Crippen LogP contribution in [0.1, 0.15) is 26.7 Å². The second-order valence-corrected chi connectivity index (χ2v) is 4.46. The van der Waals surface area contributed by atoms with Crippen LogP contribution in [0, 0.1) is 5.92 Å². The third kappa shape index (κ3) is 2.38. The van der Waals surface area contributed by atoms with Gasteiger partial charge in [-0.15, -0.1) is 0 Å². The normalized spacial score (nSPS) is 11.4. The van der Waals surface area contributed by atoms with Crippen molar-refractivity contribution in [2.75, 3.05) is 0 Å². The lowest BCUT2D eigenvalue weighted by Crippen LogP contribution is -1.99. The highest BCUT2D eigenvalue weighted by molar-refractivity contribution is 5.75. The maximum atomic E-state index is 4.40. The fourth-order valence-electron chi connectivity index (χ4n) is 1.87. The first kappa shape index (κ1) is 10.2. The molecule has 0 fully saturated rings. The molecule has 0 spiro atoms. The van der Waals surface area contributed by atoms with E-state index in [0.717, 1.165) is 18.1 Å². The van der Waals surface area contributed by atoms with Gasteiger partial charge in [0.2, 0.25) is 0 Å². The van der Waals surface area contributed by atoms with Crippen molar-refractivity contribution in [3.8, 4) is 0 Å². The lowest BCUT2D eigenvalue weighted by atomic mass is 10.1. The van der Waals surface area contributed by atoms with Crippen LogP contribution in [0.25, 0.3) is 11.0 Å². The van der Waals surface area contributed by atoms with Crippen molar-refractivity contribution in [2.45, 2.75) is 33.2 Å². The Morgan fingerprint density at radius 3 is 3.00 bits per heavy atom. The van der Waals surface area contributed by atoms with Gasteiger partial charge in [-0.05, 0) is 37.0 Å². The average Bonchev–Trinajstić information content (AvgIpc) is 2.62. The van der Waals surface area contributed by atoms with Crippen LogP contribution in [-0.2, 0) is 6.54 Å². The Morgan fingerprint density at radius 2 is 2.20 bits per heavy atom. The Bertz CT molecular complexity index is 429. The topological polar surface area (TPSA) is 17.8 Å². The van der Waals surface area contributed by atoms with Gasteiger partial charge in [-0.1, -0.05) is 13.8 Å². The maximum Gasteiger partial charge on any atom is 0.139 e. The molecular formula is C13H18N2. The standard InChI is InChI=1S/C13H18N2/c1-11(2)5-4-9-15-10-7-12-6-3-8-14-13(12)15/h3,6-8,10-11H,4-5,9H2,1-2H3. The van der Waals surface area contributed by atoms with Crippen LogP contribution in [0.3, 0.4) is 0 Å². The summed E-state index contributed by atoms with van der Waals surface area (Å²) in [5, 5.41) is 1.24. The number of aromatic nitrogens is 2. The van der Waals surface area contributed by atoms with Gasteiger partial charge in [0.1, 0.15) is 5.65 Å². The zero-order valence-electron chi connectivity index (χ0n) is 9.48. The quantitative estimate of drug-likeness (QED) is 0.742. The van der Waals surface area contributed by atoms with Crippen molar-refractivity contribution in [3.63, 3.8) is 0 Å². The van der Waals surface area contributed by atoms with Crippen LogP contribution in [0.5, 0.6) is 0 Å². The van der Waals surface area contributed by atoms with E-state index in [2.05, 4.69) is 41.7 Å². The van der Waals surface area contributed by atoms with E-state index in [1.165, 1.54) is 18.2 Å². The first-order chi connectivity index (χ1) is 7.27. The van der Waals surface area contributed by atoms with E-state index in [9.17, 15) is 0 Å². The van der Waals surface area contributed by atoms with Gasteiger partial charge < -0.3 is 4.57 Å². The Balaban J connectivity index is 2.08. The van der Waals surface area contributed by atoms with Gasteiger partial charge in [0.15, 0.2) is 0 Å². The fraction of sp³-hybridized carbons (Fsp3) is 0.462. The van der Waals surface area contributed by atoms with Crippen molar-refractivity contribution < 1.29 is 0 Å². The molecule has 2 rings (SSSR count). The Labute approximate surface area is 90.9 Å². The molecule has 2 heterocycles. The van der Waals surface area contributed by atoms with Gasteiger partial charge in [-0.2, -0.15) is 0 Å². The number of rotatable bonds is 4. The van der Waals surface area contributed by atoms with E-state index < -0.39 is 0 Å². The smallest absolute Gasteiger partial charge is 0.139 e. The molecule has 0 bridgehead atoms. The molecule has 2 nitrogen and oxygen atoms in total. The minimum absolute atomic E-state index is 0.791. The molecule has 0 aliphatic carbocycles. The number of hydrogen-bond acceptors (Lipinski definition) is 1. The molecule has 0 amide bonds. The van der Waals surface area contributed by atoms with E-state index in [0.29, 0.717) is 0 Å². The van der Waals surface area contributed by atoms with E-state index in [4.69, 9.17) is 0 Å². The molecular weight excluding hydrogens is 184 g/mol. The van der Waals surface area contributed by atoms with E-state index >= 15 is 0 Å². The third-order valence-electron chi connectivity index (χ3n) is 2.70. The van der Waals surface area contributed by atoms with Crippen molar-refractivity contribution in [2.24, 2.45) is 5.92 Å². The second kappa shape index (κ2) is 4.47. The largest absolute Gasteiger partial charge is 0.333 e. The van der Waals surface area contributed by atoms with Gasteiger partial charge in [-0.3, -0.25) is 0 Å². The number of aryl methyl sites for hydroxylation is 1. The van der Waals surface area contributed by atoms with Gasteiger partial charge >= 0.3 is 0 Å². The van der Waals surface area contributed by atoms with Gasteiger partial charge in [0.25, 0.3) is 0 Å². The summed E-state index contributed by atoms with van der Waals surface area (Å²) >= 11 is 0. The van der Waals surface area contributed by atoms with Crippen LogP contribution in [0.15, 0.2) is 30.6 Å². The zero-order chi connectivity index (χ0) is 10.7. The average molecular weight is 202 g/mol. The van der Waals surface area contributed by atoms with Crippen molar-refractivity contribution in [3.05, 3.63) is 30.6 Å². The summed E-state index contributed by atoms with van der Waals surface area (Å²) in [6, 6.07) is 6.24. The number of pyridine rings is 1. The minimum Gasteiger partial charge on any atom is -0.333 e. The van der Waals surface area contributed by atoms with Crippen LogP contribution < -0.4 is 0 Å². The van der Waals surface area contributed by atoms with Crippen LogP contribution in [-0.4, -0.2) is 9.55 Å². The lowest BCUT2D eigenvalue weighted by Gasteiger charge is -2.06. The minimum atomic E-state index is 0.791. The van der Waals surface area contributed by atoms with Crippen LogP contribution in [0.2, 0.25) is 0 Å². The first-order valence-electron chi connectivity index (χ1n) is 5.67. The summed E-state index contributed by atoms with van der Waals surface area (Å²) in [6.07, 6.45) is 6.52. The SMILES string of the molecule is CC(C)CCCn1ccc2cccnc21. The Hall–Kier alpha value is -1.31. The molecule has 0 radical (unpaired) electrons. The molecule has 2 aromatic rings. The highest BCUT2D eigenvalue weighted by Crippen LogP contribution is 2.14. The molecule has 2 heteroatoms. The summed E-state index contributed by atoms with van der Waals surface area (Å²) in [7, 11) is 0. The zero-order valence-corrected chi connectivity index (χ0v) is 9.48. The van der Waals surface area contributed by atoms with Crippen molar-refractivity contribution in [1.29, 1.82) is 0 Å². The third-order valence-corrected chi connectivity index (χ3v) is 2.70.